The van der Waals surface area contributed by atoms with Gasteiger partial charge in [0.15, 0.2) is 0 Å². The Hall–Kier alpha value is -2.29. The summed E-state index contributed by atoms with van der Waals surface area (Å²) in [6, 6.07) is 4.78. The van der Waals surface area contributed by atoms with Crippen LogP contribution in [0.25, 0.3) is 0 Å². The summed E-state index contributed by atoms with van der Waals surface area (Å²) in [6.07, 6.45) is 7.92. The number of piperazine rings is 1. The first-order valence-electron chi connectivity index (χ1n) is 13.9. The van der Waals surface area contributed by atoms with Crippen molar-refractivity contribution in [2.75, 3.05) is 38.2 Å². The van der Waals surface area contributed by atoms with E-state index in [-0.39, 0.29) is 16.8 Å². The van der Waals surface area contributed by atoms with Gasteiger partial charge in [-0.05, 0) is 74.5 Å². The van der Waals surface area contributed by atoms with Gasteiger partial charge >= 0.3 is 0 Å². The SMILES string of the molecule is COC1CCC(CC[C@@H](C(=O)N2CCN(c3ncnc4c3[C@H](C)C[C@H]4O)CC2)c2ccc(Cl)c(F)c2)CC1. The molecular formula is C29H38ClFN4O3. The van der Waals surface area contributed by atoms with Crippen LogP contribution in [0, 0.1) is 11.7 Å². The van der Waals surface area contributed by atoms with E-state index in [4.69, 9.17) is 16.3 Å². The van der Waals surface area contributed by atoms with E-state index >= 15 is 0 Å². The minimum absolute atomic E-state index is 0.0497. The molecule has 3 aliphatic rings. The fraction of sp³-hybridized carbons (Fsp3) is 0.621. The number of methoxy groups -OCH3 is 1. The highest BCUT2D eigenvalue weighted by Gasteiger charge is 2.35. The number of hydrogen-bond acceptors (Lipinski definition) is 6. The number of carbonyl (C=O) groups excluding carboxylic acids is 1. The van der Waals surface area contributed by atoms with Crippen LogP contribution in [-0.4, -0.2) is 65.3 Å². The molecule has 2 heterocycles. The number of halogens is 2. The van der Waals surface area contributed by atoms with Crippen molar-refractivity contribution in [1.82, 2.24) is 14.9 Å². The van der Waals surface area contributed by atoms with Crippen LogP contribution in [0.4, 0.5) is 10.2 Å². The van der Waals surface area contributed by atoms with Crippen molar-refractivity contribution < 1.29 is 19.0 Å². The minimum atomic E-state index is -0.547. The predicted molar refractivity (Wildman–Crippen MR) is 145 cm³/mol. The zero-order valence-electron chi connectivity index (χ0n) is 22.3. The molecule has 0 unspecified atom stereocenters. The van der Waals surface area contributed by atoms with Gasteiger partial charge < -0.3 is 19.6 Å². The van der Waals surface area contributed by atoms with Gasteiger partial charge in [-0.2, -0.15) is 0 Å². The van der Waals surface area contributed by atoms with Gasteiger partial charge in [-0.3, -0.25) is 4.79 Å². The molecule has 38 heavy (non-hydrogen) atoms. The number of benzene rings is 1. The lowest BCUT2D eigenvalue weighted by Crippen LogP contribution is -2.50. The van der Waals surface area contributed by atoms with Gasteiger partial charge in [0.25, 0.3) is 0 Å². The zero-order valence-corrected chi connectivity index (χ0v) is 23.0. The molecule has 1 aromatic carbocycles. The van der Waals surface area contributed by atoms with E-state index in [1.54, 1.807) is 19.2 Å². The average Bonchev–Trinajstić information content (AvgIpc) is 3.24. The molecule has 1 aliphatic heterocycles. The van der Waals surface area contributed by atoms with E-state index in [0.717, 1.165) is 49.2 Å². The number of aromatic nitrogens is 2. The monoisotopic (exact) mass is 544 g/mol. The van der Waals surface area contributed by atoms with Gasteiger partial charge in [0, 0.05) is 38.9 Å². The van der Waals surface area contributed by atoms with Crippen LogP contribution in [0.3, 0.4) is 0 Å². The Balaban J connectivity index is 1.27. The van der Waals surface area contributed by atoms with E-state index in [1.165, 1.54) is 12.4 Å². The second kappa shape index (κ2) is 11.8. The molecular weight excluding hydrogens is 507 g/mol. The molecule has 7 nitrogen and oxygen atoms in total. The maximum atomic E-state index is 14.4. The second-order valence-electron chi connectivity index (χ2n) is 11.1. The molecule has 2 fully saturated rings. The lowest BCUT2D eigenvalue weighted by Gasteiger charge is -2.38. The summed E-state index contributed by atoms with van der Waals surface area (Å²) in [4.78, 5) is 26.9. The number of nitrogens with zero attached hydrogens (tertiary/aromatic N) is 4. The summed E-state index contributed by atoms with van der Waals surface area (Å²) in [5.41, 5.74) is 2.45. The molecule has 9 heteroatoms. The van der Waals surface area contributed by atoms with Crippen LogP contribution in [0.1, 0.15) is 86.6 Å². The van der Waals surface area contributed by atoms with Crippen molar-refractivity contribution in [3.05, 3.63) is 52.2 Å². The van der Waals surface area contributed by atoms with Gasteiger partial charge in [0.1, 0.15) is 18.0 Å². The molecule has 206 valence electrons. The summed E-state index contributed by atoms with van der Waals surface area (Å²) in [5.74, 6) is 0.790. The number of aliphatic hydroxyl groups excluding tert-OH is 1. The van der Waals surface area contributed by atoms with Gasteiger partial charge in [0.2, 0.25) is 5.91 Å². The first kappa shape index (κ1) is 27.3. The van der Waals surface area contributed by atoms with E-state index in [1.807, 2.05) is 4.90 Å². The predicted octanol–water partition coefficient (Wildman–Crippen LogP) is 5.23. The van der Waals surface area contributed by atoms with Crippen LogP contribution in [0.2, 0.25) is 5.02 Å². The molecule has 0 spiro atoms. The Morgan fingerprint density at radius 1 is 1.18 bits per heavy atom. The second-order valence-corrected chi connectivity index (χ2v) is 11.6. The Morgan fingerprint density at radius 3 is 2.61 bits per heavy atom. The first-order chi connectivity index (χ1) is 18.4. The molecule has 1 saturated carbocycles. The minimum Gasteiger partial charge on any atom is -0.387 e. The Bertz CT molecular complexity index is 1130. The Morgan fingerprint density at radius 2 is 1.92 bits per heavy atom. The molecule has 1 amide bonds. The summed E-state index contributed by atoms with van der Waals surface area (Å²) in [5, 5.41) is 10.4. The molecule has 0 bridgehead atoms. The number of anilines is 1. The summed E-state index contributed by atoms with van der Waals surface area (Å²) >= 11 is 5.96. The van der Waals surface area contributed by atoms with Crippen molar-refractivity contribution >= 4 is 23.3 Å². The van der Waals surface area contributed by atoms with Crippen molar-refractivity contribution in [1.29, 1.82) is 0 Å². The summed E-state index contributed by atoms with van der Waals surface area (Å²) in [7, 11) is 1.77. The summed E-state index contributed by atoms with van der Waals surface area (Å²) < 4.78 is 19.9. The van der Waals surface area contributed by atoms with Crippen molar-refractivity contribution in [3.8, 4) is 0 Å². The van der Waals surface area contributed by atoms with Crippen molar-refractivity contribution in [2.45, 2.75) is 75.9 Å². The van der Waals surface area contributed by atoms with Crippen molar-refractivity contribution in [2.24, 2.45) is 5.92 Å². The smallest absolute Gasteiger partial charge is 0.230 e. The number of hydrogen-bond donors (Lipinski definition) is 1. The van der Waals surface area contributed by atoms with E-state index in [2.05, 4.69) is 21.8 Å². The number of aliphatic hydroxyl groups is 1. The maximum Gasteiger partial charge on any atom is 0.230 e. The average molecular weight is 545 g/mol. The fourth-order valence-corrected chi connectivity index (χ4v) is 6.65. The molecule has 3 atom stereocenters. The number of fused-ring (bicyclic) bond motifs is 1. The quantitative estimate of drug-likeness (QED) is 0.514. The largest absolute Gasteiger partial charge is 0.387 e. The third-order valence-corrected chi connectivity index (χ3v) is 9.11. The van der Waals surface area contributed by atoms with Gasteiger partial charge in [0.05, 0.1) is 28.8 Å². The standard InChI is InChI=1S/C29H38ClFN4O3/c1-18-15-25(36)27-26(18)28(33-17-32-27)34-11-13-35(14-12-34)29(37)22(20-6-10-23(30)24(31)16-20)9-5-19-3-7-21(38-2)8-4-19/h6,10,16-19,21-22,25,36H,3-5,7-9,11-15H2,1-2H3/t18-,19?,21?,22-,25-/m1/s1. The van der Waals surface area contributed by atoms with Crippen LogP contribution in [0.15, 0.2) is 24.5 Å². The third kappa shape index (κ3) is 5.68. The van der Waals surface area contributed by atoms with Crippen LogP contribution >= 0.6 is 11.6 Å². The van der Waals surface area contributed by atoms with Gasteiger partial charge in [-0.1, -0.05) is 24.6 Å². The highest BCUT2D eigenvalue weighted by molar-refractivity contribution is 6.30. The highest BCUT2D eigenvalue weighted by Crippen LogP contribution is 2.43. The molecule has 1 saturated heterocycles. The van der Waals surface area contributed by atoms with Gasteiger partial charge in [-0.15, -0.1) is 0 Å². The van der Waals surface area contributed by atoms with Crippen LogP contribution in [0.5, 0.6) is 0 Å². The van der Waals surface area contributed by atoms with E-state index < -0.39 is 17.8 Å². The fourth-order valence-electron chi connectivity index (χ4n) is 6.53. The molecule has 2 aromatic rings. The normalized spacial score (nSPS) is 26.3. The van der Waals surface area contributed by atoms with Crippen molar-refractivity contribution in [3.63, 3.8) is 0 Å². The van der Waals surface area contributed by atoms with Crippen LogP contribution in [-0.2, 0) is 9.53 Å². The summed E-state index contributed by atoms with van der Waals surface area (Å²) in [6.45, 7) is 4.54. The Labute approximate surface area is 229 Å². The molecule has 1 aromatic heterocycles. The topological polar surface area (TPSA) is 78.8 Å². The third-order valence-electron chi connectivity index (χ3n) is 8.80. The lowest BCUT2D eigenvalue weighted by molar-refractivity contribution is -0.133. The van der Waals surface area contributed by atoms with E-state index in [0.29, 0.717) is 56.6 Å². The maximum absolute atomic E-state index is 14.4. The molecule has 0 radical (unpaired) electrons. The van der Waals surface area contributed by atoms with Gasteiger partial charge in [-0.25, -0.2) is 14.4 Å². The highest BCUT2D eigenvalue weighted by atomic mass is 35.5. The van der Waals surface area contributed by atoms with Crippen LogP contribution < -0.4 is 4.90 Å². The van der Waals surface area contributed by atoms with E-state index in [9.17, 15) is 14.3 Å². The first-order valence-corrected chi connectivity index (χ1v) is 14.3. The number of amides is 1. The lowest BCUT2D eigenvalue weighted by atomic mass is 9.81. The number of carbonyl (C=O) groups is 1. The molecule has 5 rings (SSSR count). The zero-order chi connectivity index (χ0) is 26.8. The molecule has 1 N–H and O–H groups in total. The number of rotatable bonds is 7. The Kier molecular flexibility index (Phi) is 8.50. The number of ether oxygens (including phenoxy) is 1. The molecule has 2 aliphatic carbocycles.